The van der Waals surface area contributed by atoms with Gasteiger partial charge in [-0.1, -0.05) is 24.6 Å². The number of rotatable bonds is 4. The quantitative estimate of drug-likeness (QED) is 0.424. The number of benzene rings is 1. The lowest BCUT2D eigenvalue weighted by atomic mass is 9.68. The van der Waals surface area contributed by atoms with Crippen LogP contribution in [0.4, 0.5) is 0 Å². The molecule has 1 aliphatic carbocycles. The number of para-hydroxylation sites is 1. The van der Waals surface area contributed by atoms with Crippen molar-refractivity contribution < 1.29 is 0 Å². The van der Waals surface area contributed by atoms with Gasteiger partial charge in [0.15, 0.2) is 5.96 Å². The molecule has 0 radical (unpaired) electrons. The van der Waals surface area contributed by atoms with Gasteiger partial charge in [0, 0.05) is 31.4 Å². The second-order valence-electron chi connectivity index (χ2n) is 7.32. The fraction of sp³-hybridized carbons (Fsp3) is 0.500. The zero-order valence-corrected chi connectivity index (χ0v) is 17.7. The summed E-state index contributed by atoms with van der Waals surface area (Å²) in [5.41, 5.74) is 2.81. The van der Waals surface area contributed by atoms with Crippen LogP contribution in [-0.2, 0) is 6.54 Å². The Kier molecular flexibility index (Phi) is 6.21. The van der Waals surface area contributed by atoms with E-state index in [9.17, 15) is 0 Å². The van der Waals surface area contributed by atoms with E-state index in [0.717, 1.165) is 30.3 Å². The zero-order chi connectivity index (χ0) is 17.1. The SMILES string of the molecule is CCNC(=NCc1cnn(-c2ccccc2)c1)N1CCC2(CCC2)C1.I. The third-order valence-corrected chi connectivity index (χ3v) is 5.56. The zero-order valence-electron chi connectivity index (χ0n) is 15.4. The van der Waals surface area contributed by atoms with Crippen molar-refractivity contribution in [1.82, 2.24) is 20.0 Å². The maximum atomic E-state index is 4.87. The van der Waals surface area contributed by atoms with Gasteiger partial charge in [0.05, 0.1) is 18.4 Å². The molecule has 1 saturated carbocycles. The molecule has 2 fully saturated rings. The predicted molar refractivity (Wildman–Crippen MR) is 116 cm³/mol. The van der Waals surface area contributed by atoms with Crippen LogP contribution in [0.1, 0.15) is 38.2 Å². The lowest BCUT2D eigenvalue weighted by molar-refractivity contribution is 0.151. The summed E-state index contributed by atoms with van der Waals surface area (Å²) in [5.74, 6) is 1.05. The minimum absolute atomic E-state index is 0. The van der Waals surface area contributed by atoms with E-state index in [1.54, 1.807) is 0 Å². The second-order valence-corrected chi connectivity index (χ2v) is 7.32. The molecule has 5 nitrogen and oxygen atoms in total. The fourth-order valence-corrected chi connectivity index (χ4v) is 3.96. The maximum absolute atomic E-state index is 4.87. The highest BCUT2D eigenvalue weighted by atomic mass is 127. The summed E-state index contributed by atoms with van der Waals surface area (Å²) >= 11 is 0. The number of nitrogens with one attached hydrogen (secondary N) is 1. The van der Waals surface area contributed by atoms with Gasteiger partial charge in [0.25, 0.3) is 0 Å². The third kappa shape index (κ3) is 4.05. The average molecular weight is 465 g/mol. The van der Waals surface area contributed by atoms with Gasteiger partial charge in [-0.3, -0.25) is 0 Å². The van der Waals surface area contributed by atoms with Crippen LogP contribution in [0.15, 0.2) is 47.7 Å². The van der Waals surface area contributed by atoms with Gasteiger partial charge in [0.1, 0.15) is 0 Å². The summed E-state index contributed by atoms with van der Waals surface area (Å²) in [6.07, 6.45) is 9.50. The van der Waals surface area contributed by atoms with E-state index in [2.05, 4.69) is 40.6 Å². The van der Waals surface area contributed by atoms with Crippen LogP contribution >= 0.6 is 24.0 Å². The number of guanidine groups is 1. The van der Waals surface area contributed by atoms with Gasteiger partial charge in [-0.05, 0) is 43.7 Å². The third-order valence-electron chi connectivity index (χ3n) is 5.56. The first-order chi connectivity index (χ1) is 12.3. The molecule has 0 unspecified atom stereocenters. The molecule has 0 amide bonds. The van der Waals surface area contributed by atoms with Crippen LogP contribution in [0.5, 0.6) is 0 Å². The summed E-state index contributed by atoms with van der Waals surface area (Å²) in [6, 6.07) is 10.2. The van der Waals surface area contributed by atoms with Gasteiger partial charge in [-0.15, -0.1) is 24.0 Å². The van der Waals surface area contributed by atoms with E-state index in [1.165, 1.54) is 32.2 Å². The van der Waals surface area contributed by atoms with Gasteiger partial charge < -0.3 is 10.2 Å². The highest BCUT2D eigenvalue weighted by Crippen LogP contribution is 2.47. The minimum Gasteiger partial charge on any atom is -0.357 e. The molecule has 2 heterocycles. The number of hydrogen-bond acceptors (Lipinski definition) is 2. The smallest absolute Gasteiger partial charge is 0.194 e. The van der Waals surface area contributed by atoms with Crippen LogP contribution < -0.4 is 5.32 Å². The van der Waals surface area contributed by atoms with Crippen LogP contribution in [0.3, 0.4) is 0 Å². The second kappa shape index (κ2) is 8.41. The topological polar surface area (TPSA) is 45.5 Å². The Hall–Kier alpha value is -1.57. The number of hydrogen-bond donors (Lipinski definition) is 1. The molecular formula is C20H28IN5. The van der Waals surface area contributed by atoms with E-state index in [1.807, 2.05) is 29.1 Å². The van der Waals surface area contributed by atoms with E-state index in [0.29, 0.717) is 12.0 Å². The Labute approximate surface area is 172 Å². The molecule has 140 valence electrons. The maximum Gasteiger partial charge on any atom is 0.194 e. The minimum atomic E-state index is 0. The molecule has 1 aromatic carbocycles. The summed E-state index contributed by atoms with van der Waals surface area (Å²) < 4.78 is 1.91. The Balaban J connectivity index is 0.00000196. The first-order valence-corrected chi connectivity index (χ1v) is 9.40. The summed E-state index contributed by atoms with van der Waals surface area (Å²) in [4.78, 5) is 7.32. The molecule has 6 heteroatoms. The first-order valence-electron chi connectivity index (χ1n) is 9.40. The van der Waals surface area contributed by atoms with Crippen LogP contribution in [0.2, 0.25) is 0 Å². The van der Waals surface area contributed by atoms with E-state index >= 15 is 0 Å². The molecular weight excluding hydrogens is 437 g/mol. The molecule has 26 heavy (non-hydrogen) atoms. The summed E-state index contributed by atoms with van der Waals surface area (Å²) in [7, 11) is 0. The standard InChI is InChI=1S/C20H27N5.HI/c1-2-21-19(24-12-11-20(16-24)9-6-10-20)22-13-17-14-23-25(15-17)18-7-4-3-5-8-18;/h3-5,7-8,14-15H,2,6,9-13,16H2,1H3,(H,21,22);1H. The highest BCUT2D eigenvalue weighted by Gasteiger charge is 2.43. The molecule has 0 atom stereocenters. The van der Waals surface area contributed by atoms with Gasteiger partial charge in [-0.2, -0.15) is 5.10 Å². The molecule has 1 spiro atoms. The first kappa shape index (κ1) is 19.2. The summed E-state index contributed by atoms with van der Waals surface area (Å²) in [5, 5.41) is 7.93. The number of halogens is 1. The van der Waals surface area contributed by atoms with Crippen molar-refractivity contribution in [2.75, 3.05) is 19.6 Å². The lowest BCUT2D eigenvalue weighted by Crippen LogP contribution is -2.42. The molecule has 2 aromatic rings. The van der Waals surface area contributed by atoms with E-state index in [4.69, 9.17) is 4.99 Å². The number of aliphatic imine (C=N–C) groups is 1. The van der Waals surface area contributed by atoms with Gasteiger partial charge in [0.2, 0.25) is 0 Å². The van der Waals surface area contributed by atoms with Crippen LogP contribution in [-0.4, -0.2) is 40.3 Å². The van der Waals surface area contributed by atoms with E-state index in [-0.39, 0.29) is 24.0 Å². The van der Waals surface area contributed by atoms with Crippen molar-refractivity contribution in [3.05, 3.63) is 48.3 Å². The Morgan fingerprint density at radius 1 is 1.23 bits per heavy atom. The van der Waals surface area contributed by atoms with Gasteiger partial charge in [-0.25, -0.2) is 9.67 Å². The largest absolute Gasteiger partial charge is 0.357 e. The van der Waals surface area contributed by atoms with Crippen molar-refractivity contribution in [3.63, 3.8) is 0 Å². The van der Waals surface area contributed by atoms with Crippen molar-refractivity contribution >= 4 is 29.9 Å². The van der Waals surface area contributed by atoms with Crippen molar-refractivity contribution in [2.24, 2.45) is 10.4 Å². The number of nitrogens with zero attached hydrogens (tertiary/aromatic N) is 4. The molecule has 2 aliphatic rings. The number of aromatic nitrogens is 2. The molecule has 1 aromatic heterocycles. The van der Waals surface area contributed by atoms with Crippen molar-refractivity contribution in [2.45, 2.75) is 39.2 Å². The molecule has 1 saturated heterocycles. The normalized spacial score (nSPS) is 18.5. The molecule has 4 rings (SSSR count). The Morgan fingerprint density at radius 3 is 2.69 bits per heavy atom. The fourth-order valence-electron chi connectivity index (χ4n) is 3.96. The van der Waals surface area contributed by atoms with Gasteiger partial charge >= 0.3 is 0 Å². The summed E-state index contributed by atoms with van der Waals surface area (Å²) in [6.45, 7) is 6.01. The molecule has 1 N–H and O–H groups in total. The highest BCUT2D eigenvalue weighted by molar-refractivity contribution is 14.0. The monoisotopic (exact) mass is 465 g/mol. The average Bonchev–Trinajstić information content (AvgIpc) is 3.26. The molecule has 1 aliphatic heterocycles. The van der Waals surface area contributed by atoms with E-state index < -0.39 is 0 Å². The Morgan fingerprint density at radius 2 is 2.04 bits per heavy atom. The Bertz CT molecular complexity index is 736. The van der Waals surface area contributed by atoms with Crippen LogP contribution in [0.25, 0.3) is 5.69 Å². The van der Waals surface area contributed by atoms with Crippen molar-refractivity contribution in [3.8, 4) is 5.69 Å². The lowest BCUT2D eigenvalue weighted by Gasteiger charge is -2.38. The predicted octanol–water partition coefficient (Wildman–Crippen LogP) is 3.83. The van der Waals surface area contributed by atoms with Crippen LogP contribution in [0, 0.1) is 5.41 Å². The number of likely N-dealkylation sites (tertiary alicyclic amines) is 1. The molecule has 0 bridgehead atoms. The van der Waals surface area contributed by atoms with Crippen molar-refractivity contribution in [1.29, 1.82) is 0 Å².